The Morgan fingerprint density at radius 3 is 2.96 bits per heavy atom. The van der Waals surface area contributed by atoms with Crippen molar-refractivity contribution in [3.05, 3.63) is 18.0 Å². The largest absolute Gasteiger partial charge is 0.357 e. The average Bonchev–Trinajstić information content (AvgIpc) is 2.87. The summed E-state index contributed by atoms with van der Waals surface area (Å²) in [6, 6.07) is 1.97. The Balaban J connectivity index is 1.74. The summed E-state index contributed by atoms with van der Waals surface area (Å²) < 4.78 is 1.83. The molecule has 2 N–H and O–H groups in total. The van der Waals surface area contributed by atoms with Crippen LogP contribution in [0.2, 0.25) is 0 Å². The van der Waals surface area contributed by atoms with E-state index in [2.05, 4.69) is 27.6 Å². The molecule has 1 amide bonds. The fraction of sp³-hybridized carbons (Fsp3) is 0.706. The van der Waals surface area contributed by atoms with Crippen LogP contribution in [0.1, 0.15) is 44.7 Å². The monoisotopic (exact) mass is 334 g/mol. The zero-order valence-corrected chi connectivity index (χ0v) is 14.9. The highest BCUT2D eigenvalue weighted by atomic mass is 16.2. The predicted octanol–water partition coefficient (Wildman–Crippen LogP) is 1.27. The second-order valence-corrected chi connectivity index (χ2v) is 6.11. The van der Waals surface area contributed by atoms with Gasteiger partial charge in [-0.2, -0.15) is 5.10 Å². The molecule has 1 aliphatic rings. The van der Waals surface area contributed by atoms with Gasteiger partial charge in [-0.3, -0.25) is 9.48 Å². The first-order valence-electron chi connectivity index (χ1n) is 8.97. The second kappa shape index (κ2) is 9.95. The highest BCUT2D eigenvalue weighted by Crippen LogP contribution is 2.11. The number of hydrogen-bond acceptors (Lipinski definition) is 3. The second-order valence-electron chi connectivity index (χ2n) is 6.11. The van der Waals surface area contributed by atoms with Crippen LogP contribution in [0.5, 0.6) is 0 Å². The minimum atomic E-state index is 0.310. The van der Waals surface area contributed by atoms with E-state index in [9.17, 15) is 4.79 Å². The van der Waals surface area contributed by atoms with Gasteiger partial charge in [-0.1, -0.05) is 6.42 Å². The molecule has 134 valence electrons. The molecule has 24 heavy (non-hydrogen) atoms. The predicted molar refractivity (Wildman–Crippen MR) is 95.7 cm³/mol. The number of guanidine groups is 1. The summed E-state index contributed by atoms with van der Waals surface area (Å²) in [7, 11) is 1.92. The van der Waals surface area contributed by atoms with Crippen molar-refractivity contribution in [3.63, 3.8) is 0 Å². The van der Waals surface area contributed by atoms with E-state index < -0.39 is 0 Å². The first-order chi connectivity index (χ1) is 11.7. The molecule has 1 aliphatic heterocycles. The van der Waals surface area contributed by atoms with Gasteiger partial charge in [0.25, 0.3) is 0 Å². The third kappa shape index (κ3) is 5.86. The van der Waals surface area contributed by atoms with Crippen molar-refractivity contribution in [2.24, 2.45) is 12.0 Å². The van der Waals surface area contributed by atoms with Gasteiger partial charge in [0.05, 0.1) is 12.2 Å². The number of carbonyl (C=O) groups excluding carboxylic acids is 1. The highest BCUT2D eigenvalue weighted by molar-refractivity contribution is 5.79. The Bertz CT molecular complexity index is 539. The molecule has 1 aromatic rings. The topological polar surface area (TPSA) is 74.6 Å². The summed E-state index contributed by atoms with van der Waals surface area (Å²) >= 11 is 0. The first kappa shape index (κ1) is 18.3. The van der Waals surface area contributed by atoms with Crippen LogP contribution < -0.4 is 10.6 Å². The fourth-order valence-electron chi connectivity index (χ4n) is 2.81. The van der Waals surface area contributed by atoms with Crippen molar-refractivity contribution in [1.82, 2.24) is 25.3 Å². The highest BCUT2D eigenvalue weighted by Gasteiger charge is 2.15. The Kier molecular flexibility index (Phi) is 7.58. The molecule has 0 aromatic carbocycles. The third-order valence-corrected chi connectivity index (χ3v) is 4.23. The van der Waals surface area contributed by atoms with Gasteiger partial charge in [-0.15, -0.1) is 0 Å². The smallest absolute Gasteiger partial charge is 0.222 e. The number of likely N-dealkylation sites (tertiary alicyclic amines) is 1. The standard InChI is InChI=1S/C17H30N6O/c1-3-18-17(20-14-15-9-11-21-22(15)2)19-10-7-13-23-12-6-4-5-8-16(23)24/h9,11H,3-8,10,12-14H2,1-2H3,(H2,18,19,20). The molecule has 0 unspecified atom stereocenters. The van der Waals surface area contributed by atoms with E-state index in [0.29, 0.717) is 18.9 Å². The molecule has 2 heterocycles. The van der Waals surface area contributed by atoms with Gasteiger partial charge in [0.15, 0.2) is 5.96 Å². The number of aryl methyl sites for hydroxylation is 1. The van der Waals surface area contributed by atoms with Crippen LogP contribution in [0.15, 0.2) is 17.3 Å². The lowest BCUT2D eigenvalue weighted by molar-refractivity contribution is -0.130. The van der Waals surface area contributed by atoms with E-state index in [-0.39, 0.29) is 0 Å². The minimum absolute atomic E-state index is 0.310. The molecule has 0 aliphatic carbocycles. The van der Waals surface area contributed by atoms with Crippen LogP contribution in [-0.2, 0) is 18.4 Å². The summed E-state index contributed by atoms with van der Waals surface area (Å²) in [6.45, 7) is 6.01. The summed E-state index contributed by atoms with van der Waals surface area (Å²) in [6.07, 6.45) is 6.77. The van der Waals surface area contributed by atoms with E-state index in [1.807, 2.05) is 22.7 Å². The quantitative estimate of drug-likeness (QED) is 0.447. The lowest BCUT2D eigenvalue weighted by Crippen LogP contribution is -2.39. The van der Waals surface area contributed by atoms with Crippen LogP contribution in [0, 0.1) is 0 Å². The number of nitrogens with zero attached hydrogens (tertiary/aromatic N) is 4. The van der Waals surface area contributed by atoms with Gasteiger partial charge in [0.1, 0.15) is 0 Å². The van der Waals surface area contributed by atoms with Gasteiger partial charge < -0.3 is 15.5 Å². The van der Waals surface area contributed by atoms with Crippen LogP contribution in [0.4, 0.5) is 0 Å². The van der Waals surface area contributed by atoms with Gasteiger partial charge in [-0.05, 0) is 32.3 Å². The molecule has 1 aromatic heterocycles. The van der Waals surface area contributed by atoms with E-state index in [1.54, 1.807) is 6.20 Å². The number of amides is 1. The van der Waals surface area contributed by atoms with E-state index >= 15 is 0 Å². The maximum Gasteiger partial charge on any atom is 0.222 e. The van der Waals surface area contributed by atoms with Crippen molar-refractivity contribution < 1.29 is 4.79 Å². The lowest BCUT2D eigenvalue weighted by Gasteiger charge is -2.20. The number of nitrogens with one attached hydrogen (secondary N) is 2. The van der Waals surface area contributed by atoms with Gasteiger partial charge in [0, 0.05) is 45.8 Å². The summed E-state index contributed by atoms with van der Waals surface area (Å²) in [5, 5.41) is 10.7. The summed E-state index contributed by atoms with van der Waals surface area (Å²) in [4.78, 5) is 18.6. The van der Waals surface area contributed by atoms with Crippen LogP contribution in [0.3, 0.4) is 0 Å². The molecular weight excluding hydrogens is 304 g/mol. The molecule has 0 spiro atoms. The molecular formula is C17H30N6O. The van der Waals surface area contributed by atoms with Gasteiger partial charge in [-0.25, -0.2) is 4.99 Å². The molecule has 7 heteroatoms. The number of aliphatic imine (C=N–C) groups is 1. The fourth-order valence-corrected chi connectivity index (χ4v) is 2.81. The maximum absolute atomic E-state index is 12.0. The van der Waals surface area contributed by atoms with E-state index in [4.69, 9.17) is 0 Å². The van der Waals surface area contributed by atoms with Crippen molar-refractivity contribution in [1.29, 1.82) is 0 Å². The Labute approximate surface area is 144 Å². The number of rotatable bonds is 7. The zero-order chi connectivity index (χ0) is 17.2. The number of carbonyl (C=O) groups is 1. The molecule has 0 saturated carbocycles. The van der Waals surface area contributed by atoms with E-state index in [0.717, 1.165) is 57.1 Å². The molecule has 0 atom stereocenters. The third-order valence-electron chi connectivity index (χ3n) is 4.23. The first-order valence-corrected chi connectivity index (χ1v) is 8.97. The number of aromatic nitrogens is 2. The zero-order valence-electron chi connectivity index (χ0n) is 14.9. The molecule has 1 saturated heterocycles. The van der Waals surface area contributed by atoms with E-state index in [1.165, 1.54) is 6.42 Å². The lowest BCUT2D eigenvalue weighted by atomic mass is 10.2. The average molecular weight is 334 g/mol. The van der Waals surface area contributed by atoms with Crippen molar-refractivity contribution in [2.45, 2.75) is 45.6 Å². The Morgan fingerprint density at radius 2 is 2.21 bits per heavy atom. The minimum Gasteiger partial charge on any atom is -0.357 e. The summed E-state index contributed by atoms with van der Waals surface area (Å²) in [5.74, 6) is 1.12. The molecule has 2 rings (SSSR count). The van der Waals surface area contributed by atoms with Crippen LogP contribution >= 0.6 is 0 Å². The van der Waals surface area contributed by atoms with Crippen LogP contribution in [0.25, 0.3) is 0 Å². The maximum atomic E-state index is 12.0. The normalized spacial score (nSPS) is 16.2. The van der Waals surface area contributed by atoms with Crippen LogP contribution in [-0.4, -0.2) is 52.7 Å². The molecule has 0 bridgehead atoms. The van der Waals surface area contributed by atoms with Crippen molar-refractivity contribution >= 4 is 11.9 Å². The van der Waals surface area contributed by atoms with Crippen molar-refractivity contribution in [3.8, 4) is 0 Å². The molecule has 7 nitrogen and oxygen atoms in total. The Hall–Kier alpha value is -2.05. The van der Waals surface area contributed by atoms with Crippen molar-refractivity contribution in [2.75, 3.05) is 26.2 Å². The molecule has 1 fully saturated rings. The molecule has 0 radical (unpaired) electrons. The van der Waals surface area contributed by atoms with Gasteiger partial charge >= 0.3 is 0 Å². The summed E-state index contributed by atoms with van der Waals surface area (Å²) in [5.41, 5.74) is 1.07. The number of hydrogen-bond donors (Lipinski definition) is 2. The Morgan fingerprint density at radius 1 is 1.33 bits per heavy atom. The van der Waals surface area contributed by atoms with Gasteiger partial charge in [0.2, 0.25) is 5.91 Å². The SMILES string of the molecule is CCNC(=NCc1ccnn1C)NCCCN1CCCCCC1=O.